The Morgan fingerprint density at radius 2 is 2.11 bits per heavy atom. The highest BCUT2D eigenvalue weighted by Crippen LogP contribution is 2.09. The molecule has 0 atom stereocenters. The second kappa shape index (κ2) is 6.64. The number of nitrogens with zero attached hydrogens (tertiary/aromatic N) is 1. The molecule has 98 valence electrons. The van der Waals surface area contributed by atoms with Gasteiger partial charge in [0, 0.05) is 31.3 Å². The molecule has 1 rings (SSSR count). The topological polar surface area (TPSA) is 72.6 Å². The number of amides is 1. The van der Waals surface area contributed by atoms with Gasteiger partial charge in [-0.2, -0.15) is 0 Å². The first kappa shape index (κ1) is 14.0. The minimum atomic E-state index is -0.264. The van der Waals surface area contributed by atoms with Gasteiger partial charge in [0.05, 0.1) is 7.11 Å². The quantitative estimate of drug-likeness (QED) is 0.631. The van der Waals surface area contributed by atoms with Crippen molar-refractivity contribution in [3.63, 3.8) is 0 Å². The first-order chi connectivity index (χ1) is 8.54. The average Bonchev–Trinajstić information content (AvgIpc) is 2.37. The molecular formula is C13H18N2O3. The molecule has 0 radical (unpaired) electrons. The summed E-state index contributed by atoms with van der Waals surface area (Å²) in [6, 6.07) is 6.83. The van der Waals surface area contributed by atoms with E-state index in [9.17, 15) is 9.59 Å². The number of carbonyl (C=O) groups excluding carboxylic acids is 2. The highest BCUT2D eigenvalue weighted by atomic mass is 16.5. The SMILES string of the molecule is COC(=O)CCCN(C)C(=O)c1cccc(N)c1. The highest BCUT2D eigenvalue weighted by molar-refractivity contribution is 5.94. The molecule has 0 heterocycles. The average molecular weight is 250 g/mol. The third-order valence-corrected chi connectivity index (χ3v) is 2.58. The molecule has 18 heavy (non-hydrogen) atoms. The van der Waals surface area contributed by atoms with Crippen LogP contribution in [0.25, 0.3) is 0 Å². The maximum atomic E-state index is 12.0. The monoisotopic (exact) mass is 250 g/mol. The summed E-state index contributed by atoms with van der Waals surface area (Å²) >= 11 is 0. The molecule has 1 aromatic rings. The van der Waals surface area contributed by atoms with Crippen LogP contribution in [-0.2, 0) is 9.53 Å². The molecule has 0 unspecified atom stereocenters. The Bertz CT molecular complexity index is 432. The van der Waals surface area contributed by atoms with E-state index < -0.39 is 0 Å². The van der Waals surface area contributed by atoms with Crippen LogP contribution in [0.1, 0.15) is 23.2 Å². The van der Waals surface area contributed by atoms with Crippen molar-refractivity contribution in [2.24, 2.45) is 0 Å². The molecule has 0 aliphatic carbocycles. The van der Waals surface area contributed by atoms with Crippen molar-refractivity contribution in [2.75, 3.05) is 26.4 Å². The second-order valence-corrected chi connectivity index (χ2v) is 4.03. The van der Waals surface area contributed by atoms with Crippen molar-refractivity contribution in [1.82, 2.24) is 4.90 Å². The molecular weight excluding hydrogens is 232 g/mol. The fourth-order valence-corrected chi connectivity index (χ4v) is 1.56. The van der Waals surface area contributed by atoms with Crippen LogP contribution in [0, 0.1) is 0 Å². The molecule has 0 saturated carbocycles. The number of methoxy groups -OCH3 is 1. The van der Waals surface area contributed by atoms with E-state index in [2.05, 4.69) is 4.74 Å². The highest BCUT2D eigenvalue weighted by Gasteiger charge is 2.12. The van der Waals surface area contributed by atoms with Crippen molar-refractivity contribution in [1.29, 1.82) is 0 Å². The van der Waals surface area contributed by atoms with Gasteiger partial charge in [-0.1, -0.05) is 6.07 Å². The van der Waals surface area contributed by atoms with Crippen LogP contribution in [0.5, 0.6) is 0 Å². The third kappa shape index (κ3) is 4.08. The molecule has 0 bridgehead atoms. The molecule has 0 spiro atoms. The predicted molar refractivity (Wildman–Crippen MR) is 69.1 cm³/mol. The molecule has 5 heteroatoms. The van der Waals surface area contributed by atoms with E-state index in [0.717, 1.165) is 0 Å². The zero-order valence-corrected chi connectivity index (χ0v) is 10.7. The summed E-state index contributed by atoms with van der Waals surface area (Å²) in [5.74, 6) is -0.369. The van der Waals surface area contributed by atoms with Gasteiger partial charge in [0.1, 0.15) is 0 Å². The normalized spacial score (nSPS) is 9.89. The lowest BCUT2D eigenvalue weighted by Gasteiger charge is -2.17. The number of nitrogen functional groups attached to an aromatic ring is 1. The molecule has 1 amide bonds. The minimum Gasteiger partial charge on any atom is -0.469 e. The Kier molecular flexibility index (Phi) is 5.17. The number of nitrogens with two attached hydrogens (primary N) is 1. The van der Waals surface area contributed by atoms with E-state index in [4.69, 9.17) is 5.73 Å². The molecule has 5 nitrogen and oxygen atoms in total. The Balaban J connectivity index is 2.49. The largest absolute Gasteiger partial charge is 0.469 e. The minimum absolute atomic E-state index is 0.104. The van der Waals surface area contributed by atoms with Gasteiger partial charge in [0.2, 0.25) is 0 Å². The van der Waals surface area contributed by atoms with Crippen molar-refractivity contribution >= 4 is 17.6 Å². The summed E-state index contributed by atoms with van der Waals surface area (Å²) in [6.45, 7) is 0.503. The maximum Gasteiger partial charge on any atom is 0.305 e. The Morgan fingerprint density at radius 3 is 2.72 bits per heavy atom. The number of benzene rings is 1. The number of carbonyl (C=O) groups is 2. The van der Waals surface area contributed by atoms with Gasteiger partial charge in [-0.05, 0) is 24.6 Å². The van der Waals surface area contributed by atoms with E-state index in [1.807, 2.05) is 0 Å². The molecule has 2 N–H and O–H groups in total. The van der Waals surface area contributed by atoms with Gasteiger partial charge >= 0.3 is 5.97 Å². The summed E-state index contributed by atoms with van der Waals surface area (Å²) in [5.41, 5.74) is 6.73. The van der Waals surface area contributed by atoms with Crippen molar-refractivity contribution in [3.05, 3.63) is 29.8 Å². The molecule has 0 aliphatic heterocycles. The predicted octanol–water partition coefficient (Wildman–Crippen LogP) is 1.29. The Morgan fingerprint density at radius 1 is 1.39 bits per heavy atom. The molecule has 0 fully saturated rings. The van der Waals surface area contributed by atoms with Crippen LogP contribution in [0.4, 0.5) is 5.69 Å². The van der Waals surface area contributed by atoms with Crippen LogP contribution < -0.4 is 5.73 Å². The van der Waals surface area contributed by atoms with E-state index >= 15 is 0 Å². The van der Waals surface area contributed by atoms with Gasteiger partial charge in [-0.15, -0.1) is 0 Å². The van der Waals surface area contributed by atoms with Gasteiger partial charge in [0.25, 0.3) is 5.91 Å². The van der Waals surface area contributed by atoms with E-state index in [-0.39, 0.29) is 11.9 Å². The lowest BCUT2D eigenvalue weighted by Crippen LogP contribution is -2.28. The van der Waals surface area contributed by atoms with Crippen molar-refractivity contribution < 1.29 is 14.3 Å². The lowest BCUT2D eigenvalue weighted by molar-refractivity contribution is -0.140. The van der Waals surface area contributed by atoms with Gasteiger partial charge in [-0.3, -0.25) is 9.59 Å². The standard InChI is InChI=1S/C13H18N2O3/c1-15(8-4-7-12(16)18-2)13(17)10-5-3-6-11(14)9-10/h3,5-6,9H,4,7-8,14H2,1-2H3. The first-order valence-electron chi connectivity index (χ1n) is 5.72. The molecule has 0 saturated heterocycles. The fraction of sp³-hybridized carbons (Fsp3) is 0.385. The number of hydrogen-bond donors (Lipinski definition) is 1. The fourth-order valence-electron chi connectivity index (χ4n) is 1.56. The third-order valence-electron chi connectivity index (χ3n) is 2.58. The number of esters is 1. The van der Waals surface area contributed by atoms with E-state index in [1.165, 1.54) is 7.11 Å². The number of rotatable bonds is 5. The second-order valence-electron chi connectivity index (χ2n) is 4.03. The van der Waals surface area contributed by atoms with Crippen LogP contribution in [-0.4, -0.2) is 37.5 Å². The van der Waals surface area contributed by atoms with Crippen LogP contribution in [0.2, 0.25) is 0 Å². The maximum absolute atomic E-state index is 12.0. The molecule has 0 aliphatic rings. The van der Waals surface area contributed by atoms with Crippen LogP contribution >= 0.6 is 0 Å². The first-order valence-corrected chi connectivity index (χ1v) is 5.72. The summed E-state index contributed by atoms with van der Waals surface area (Å²) in [4.78, 5) is 24.5. The smallest absolute Gasteiger partial charge is 0.305 e. The van der Waals surface area contributed by atoms with Crippen LogP contribution in [0.3, 0.4) is 0 Å². The summed E-state index contributed by atoms with van der Waals surface area (Å²) in [5, 5.41) is 0. The van der Waals surface area contributed by atoms with Crippen LogP contribution in [0.15, 0.2) is 24.3 Å². The number of hydrogen-bond acceptors (Lipinski definition) is 4. The number of ether oxygens (including phenoxy) is 1. The van der Waals surface area contributed by atoms with Crippen molar-refractivity contribution in [3.8, 4) is 0 Å². The van der Waals surface area contributed by atoms with Gasteiger partial charge < -0.3 is 15.4 Å². The summed E-state index contributed by atoms with van der Waals surface area (Å²) in [6.07, 6.45) is 0.891. The Hall–Kier alpha value is -2.04. The molecule has 0 aromatic heterocycles. The van der Waals surface area contributed by atoms with Crippen molar-refractivity contribution in [2.45, 2.75) is 12.8 Å². The summed E-state index contributed by atoms with van der Waals surface area (Å²) in [7, 11) is 3.05. The molecule has 1 aromatic carbocycles. The number of anilines is 1. The summed E-state index contributed by atoms with van der Waals surface area (Å²) < 4.78 is 4.53. The lowest BCUT2D eigenvalue weighted by atomic mass is 10.1. The zero-order chi connectivity index (χ0) is 13.5. The van der Waals surface area contributed by atoms with Gasteiger partial charge in [-0.25, -0.2) is 0 Å². The zero-order valence-electron chi connectivity index (χ0n) is 10.7. The van der Waals surface area contributed by atoms with E-state index in [0.29, 0.717) is 30.6 Å². The Labute approximate surface area is 107 Å². The van der Waals surface area contributed by atoms with Gasteiger partial charge in [0.15, 0.2) is 0 Å². The van der Waals surface area contributed by atoms with E-state index in [1.54, 1.807) is 36.2 Å².